The lowest BCUT2D eigenvalue weighted by Gasteiger charge is -2.27. The first-order valence-electron chi connectivity index (χ1n) is 5.95. The van der Waals surface area contributed by atoms with Gasteiger partial charge in [-0.3, -0.25) is 4.68 Å². The number of aliphatic hydroxyl groups is 1. The van der Waals surface area contributed by atoms with E-state index in [9.17, 15) is 5.11 Å². The van der Waals surface area contributed by atoms with Crippen molar-refractivity contribution in [2.24, 2.45) is 13.0 Å². The predicted molar refractivity (Wildman–Crippen MR) is 64.6 cm³/mol. The molecule has 1 aliphatic rings. The van der Waals surface area contributed by atoms with E-state index >= 15 is 0 Å². The van der Waals surface area contributed by atoms with Gasteiger partial charge in [0.1, 0.15) is 0 Å². The Labute approximate surface area is 101 Å². The van der Waals surface area contributed by atoms with Crippen LogP contribution in [0, 0.1) is 12.8 Å². The molecule has 1 aromatic rings. The summed E-state index contributed by atoms with van der Waals surface area (Å²) in [5, 5.41) is 15.0. The van der Waals surface area contributed by atoms with Crippen LogP contribution in [0.3, 0.4) is 0 Å². The Morgan fingerprint density at radius 2 is 2.12 bits per heavy atom. The quantitative estimate of drug-likeness (QED) is 0.865. The van der Waals surface area contributed by atoms with E-state index < -0.39 is 0 Å². The van der Waals surface area contributed by atoms with E-state index in [2.05, 4.69) is 5.10 Å². The zero-order valence-electron chi connectivity index (χ0n) is 9.91. The van der Waals surface area contributed by atoms with Crippen molar-refractivity contribution in [2.75, 3.05) is 0 Å². The van der Waals surface area contributed by atoms with Gasteiger partial charge in [0.15, 0.2) is 0 Å². The average molecular weight is 243 g/mol. The Hall–Kier alpha value is -0.540. The monoisotopic (exact) mass is 242 g/mol. The zero-order valence-corrected chi connectivity index (χ0v) is 10.7. The molecule has 0 saturated heterocycles. The topological polar surface area (TPSA) is 38.0 Å². The van der Waals surface area contributed by atoms with Crippen molar-refractivity contribution in [1.82, 2.24) is 9.78 Å². The molecule has 0 aromatic carbocycles. The summed E-state index contributed by atoms with van der Waals surface area (Å²) < 4.78 is 1.85. The highest BCUT2D eigenvalue weighted by atomic mass is 35.5. The molecule has 0 amide bonds. The van der Waals surface area contributed by atoms with Gasteiger partial charge in [-0.25, -0.2) is 0 Å². The normalized spacial score (nSPS) is 26.0. The van der Waals surface area contributed by atoms with Gasteiger partial charge in [-0.15, -0.1) is 0 Å². The molecule has 1 saturated carbocycles. The number of aryl methyl sites for hydroxylation is 2. The van der Waals surface area contributed by atoms with Crippen molar-refractivity contribution in [3.8, 4) is 0 Å². The summed E-state index contributed by atoms with van der Waals surface area (Å²) in [6.07, 6.45) is 5.07. The van der Waals surface area contributed by atoms with E-state index in [1.807, 2.05) is 18.7 Å². The minimum atomic E-state index is -0.167. The molecule has 1 heterocycles. The third kappa shape index (κ3) is 2.25. The zero-order chi connectivity index (χ0) is 11.7. The van der Waals surface area contributed by atoms with Crippen LogP contribution in [0.25, 0.3) is 0 Å². The Morgan fingerprint density at radius 1 is 1.44 bits per heavy atom. The van der Waals surface area contributed by atoms with Gasteiger partial charge in [-0.2, -0.15) is 5.10 Å². The van der Waals surface area contributed by atoms with Gasteiger partial charge in [-0.05, 0) is 32.1 Å². The fourth-order valence-corrected chi connectivity index (χ4v) is 2.81. The number of aliphatic hydroxyl groups excluding tert-OH is 1. The largest absolute Gasteiger partial charge is 0.393 e. The summed E-state index contributed by atoms with van der Waals surface area (Å²) in [6.45, 7) is 1.92. The average Bonchev–Trinajstić information content (AvgIpc) is 2.48. The molecule has 1 fully saturated rings. The minimum absolute atomic E-state index is 0.167. The number of nitrogens with zero attached hydrogens (tertiary/aromatic N) is 2. The Balaban J connectivity index is 2.13. The summed E-state index contributed by atoms with van der Waals surface area (Å²) in [4.78, 5) is 0. The molecule has 0 radical (unpaired) electrons. The first kappa shape index (κ1) is 11.9. The van der Waals surface area contributed by atoms with Crippen LogP contribution in [0.2, 0.25) is 5.02 Å². The molecular formula is C12H19ClN2O. The fourth-order valence-electron chi connectivity index (χ4n) is 2.58. The van der Waals surface area contributed by atoms with Crippen LogP contribution in [0.5, 0.6) is 0 Å². The highest BCUT2D eigenvalue weighted by Crippen LogP contribution is 2.30. The van der Waals surface area contributed by atoms with Crippen LogP contribution in [0.1, 0.15) is 37.1 Å². The molecule has 2 atom stereocenters. The van der Waals surface area contributed by atoms with E-state index in [1.165, 1.54) is 6.42 Å². The highest BCUT2D eigenvalue weighted by molar-refractivity contribution is 6.31. The van der Waals surface area contributed by atoms with Gasteiger partial charge in [0.2, 0.25) is 0 Å². The van der Waals surface area contributed by atoms with E-state index in [0.29, 0.717) is 5.92 Å². The molecule has 1 aliphatic carbocycles. The van der Waals surface area contributed by atoms with Gasteiger partial charge in [0.25, 0.3) is 0 Å². The molecule has 4 heteroatoms. The molecule has 0 spiro atoms. The molecule has 90 valence electrons. The summed E-state index contributed by atoms with van der Waals surface area (Å²) in [5.74, 6) is 0.348. The summed E-state index contributed by atoms with van der Waals surface area (Å²) >= 11 is 6.22. The van der Waals surface area contributed by atoms with Crippen molar-refractivity contribution in [2.45, 2.75) is 45.1 Å². The standard InChI is InChI=1S/C12H19ClN2O/c1-8-12(13)10(15(2)14-8)7-9-5-3-4-6-11(9)16/h9,11,16H,3-7H2,1-2H3. The lowest BCUT2D eigenvalue weighted by Crippen LogP contribution is -2.27. The highest BCUT2D eigenvalue weighted by Gasteiger charge is 2.25. The second-order valence-corrected chi connectivity index (χ2v) is 5.16. The number of hydrogen-bond donors (Lipinski definition) is 1. The first-order chi connectivity index (χ1) is 7.59. The van der Waals surface area contributed by atoms with E-state index in [0.717, 1.165) is 42.1 Å². The fraction of sp³-hybridized carbons (Fsp3) is 0.750. The van der Waals surface area contributed by atoms with Crippen molar-refractivity contribution in [3.63, 3.8) is 0 Å². The third-order valence-electron chi connectivity index (χ3n) is 3.59. The number of rotatable bonds is 2. The van der Waals surface area contributed by atoms with Crippen molar-refractivity contribution >= 4 is 11.6 Å². The van der Waals surface area contributed by atoms with Crippen LogP contribution in [0.15, 0.2) is 0 Å². The molecule has 0 aliphatic heterocycles. The maximum absolute atomic E-state index is 9.95. The predicted octanol–water partition coefficient (Wildman–Crippen LogP) is 2.48. The van der Waals surface area contributed by atoms with Crippen molar-refractivity contribution in [1.29, 1.82) is 0 Å². The van der Waals surface area contributed by atoms with Gasteiger partial charge >= 0.3 is 0 Å². The van der Waals surface area contributed by atoms with Crippen LogP contribution in [0.4, 0.5) is 0 Å². The SMILES string of the molecule is Cc1nn(C)c(CC2CCCCC2O)c1Cl. The summed E-state index contributed by atoms with van der Waals surface area (Å²) in [7, 11) is 1.92. The van der Waals surface area contributed by atoms with Crippen LogP contribution < -0.4 is 0 Å². The second-order valence-electron chi connectivity index (χ2n) is 4.79. The number of aromatic nitrogens is 2. The minimum Gasteiger partial charge on any atom is -0.393 e. The van der Waals surface area contributed by atoms with Crippen LogP contribution >= 0.6 is 11.6 Å². The molecule has 1 N–H and O–H groups in total. The lowest BCUT2D eigenvalue weighted by molar-refractivity contribution is 0.0691. The van der Waals surface area contributed by atoms with Crippen LogP contribution in [-0.2, 0) is 13.5 Å². The maximum Gasteiger partial charge on any atom is 0.0847 e. The van der Waals surface area contributed by atoms with Crippen LogP contribution in [-0.4, -0.2) is 21.0 Å². The van der Waals surface area contributed by atoms with Gasteiger partial charge in [-0.1, -0.05) is 24.4 Å². The molecule has 2 unspecified atom stereocenters. The second kappa shape index (κ2) is 4.76. The molecular weight excluding hydrogens is 224 g/mol. The van der Waals surface area contributed by atoms with E-state index in [4.69, 9.17) is 11.6 Å². The maximum atomic E-state index is 9.95. The van der Waals surface area contributed by atoms with Crippen molar-refractivity contribution in [3.05, 3.63) is 16.4 Å². The third-order valence-corrected chi connectivity index (χ3v) is 4.08. The van der Waals surface area contributed by atoms with Crippen molar-refractivity contribution < 1.29 is 5.11 Å². The Morgan fingerprint density at radius 3 is 2.69 bits per heavy atom. The summed E-state index contributed by atoms with van der Waals surface area (Å²) in [6, 6.07) is 0. The van der Waals surface area contributed by atoms with E-state index in [-0.39, 0.29) is 6.10 Å². The number of hydrogen-bond acceptors (Lipinski definition) is 2. The smallest absolute Gasteiger partial charge is 0.0847 e. The van der Waals surface area contributed by atoms with E-state index in [1.54, 1.807) is 0 Å². The number of halogens is 1. The molecule has 16 heavy (non-hydrogen) atoms. The molecule has 3 nitrogen and oxygen atoms in total. The Bertz CT molecular complexity index is 375. The van der Waals surface area contributed by atoms with Gasteiger partial charge in [0.05, 0.1) is 22.5 Å². The Kier molecular flexibility index (Phi) is 3.55. The lowest BCUT2D eigenvalue weighted by atomic mass is 9.83. The van der Waals surface area contributed by atoms with Gasteiger partial charge in [0, 0.05) is 7.05 Å². The molecule has 1 aromatic heterocycles. The first-order valence-corrected chi connectivity index (χ1v) is 6.33. The molecule has 0 bridgehead atoms. The summed E-state index contributed by atoms with van der Waals surface area (Å²) in [5.41, 5.74) is 1.94. The molecule has 2 rings (SSSR count). The van der Waals surface area contributed by atoms with Gasteiger partial charge < -0.3 is 5.11 Å².